The number of rotatable bonds is 7. The van der Waals surface area contributed by atoms with Gasteiger partial charge in [-0.3, -0.25) is 24.6 Å². The lowest BCUT2D eigenvalue weighted by Crippen LogP contribution is -2.34. The molecule has 1 aromatic heterocycles. The summed E-state index contributed by atoms with van der Waals surface area (Å²) in [5.74, 6) is -0.878. The number of aromatic amines is 1. The second-order valence-corrected chi connectivity index (χ2v) is 6.30. The fraction of sp³-hybridized carbons (Fsp3) is 0.211. The van der Waals surface area contributed by atoms with Gasteiger partial charge in [-0.15, -0.1) is 0 Å². The second kappa shape index (κ2) is 8.57. The molecule has 10 heteroatoms. The summed E-state index contributed by atoms with van der Waals surface area (Å²) in [7, 11) is 0. The minimum absolute atomic E-state index is 0.0882. The normalized spacial score (nSPS) is 11.0. The highest BCUT2D eigenvalue weighted by atomic mass is 19.1. The van der Waals surface area contributed by atoms with Crippen LogP contribution in [0.4, 0.5) is 15.8 Å². The van der Waals surface area contributed by atoms with Crippen molar-refractivity contribution in [3.05, 3.63) is 74.6 Å². The van der Waals surface area contributed by atoms with Crippen LogP contribution in [-0.4, -0.2) is 38.8 Å². The Balaban J connectivity index is 1.73. The van der Waals surface area contributed by atoms with Crippen molar-refractivity contribution in [2.75, 3.05) is 18.4 Å². The van der Waals surface area contributed by atoms with Crippen molar-refractivity contribution in [1.29, 1.82) is 0 Å². The van der Waals surface area contributed by atoms with E-state index in [-0.39, 0.29) is 24.3 Å². The zero-order valence-corrected chi connectivity index (χ0v) is 15.5. The highest BCUT2D eigenvalue weighted by molar-refractivity contribution is 5.94. The molecular formula is C19H18FN5O4. The van der Waals surface area contributed by atoms with E-state index in [1.54, 1.807) is 29.2 Å². The SMILES string of the molecule is CCN(CC(=O)Nc1ccc(F)cc1[N+](=O)[O-])Cc1nc2ccccc2c(=O)[nH]1. The van der Waals surface area contributed by atoms with Crippen molar-refractivity contribution in [3.63, 3.8) is 0 Å². The van der Waals surface area contributed by atoms with Gasteiger partial charge in [0, 0.05) is 0 Å². The summed E-state index contributed by atoms with van der Waals surface area (Å²) >= 11 is 0. The first-order valence-electron chi connectivity index (χ1n) is 8.81. The number of nitro benzene ring substituents is 1. The summed E-state index contributed by atoms with van der Waals surface area (Å²) in [5, 5.41) is 14.0. The molecule has 0 radical (unpaired) electrons. The number of halogens is 1. The minimum atomic E-state index is -0.767. The number of nitrogens with one attached hydrogen (secondary N) is 2. The molecule has 0 aliphatic rings. The third-order valence-electron chi connectivity index (χ3n) is 4.28. The lowest BCUT2D eigenvalue weighted by Gasteiger charge is -2.19. The van der Waals surface area contributed by atoms with E-state index >= 15 is 0 Å². The fourth-order valence-electron chi connectivity index (χ4n) is 2.86. The third kappa shape index (κ3) is 4.79. The lowest BCUT2D eigenvalue weighted by molar-refractivity contribution is -0.384. The predicted molar refractivity (Wildman–Crippen MR) is 105 cm³/mol. The summed E-state index contributed by atoms with van der Waals surface area (Å²) in [5.41, 5.74) is -0.335. The summed E-state index contributed by atoms with van der Waals surface area (Å²) in [4.78, 5) is 43.6. The molecule has 1 amide bonds. The maximum Gasteiger partial charge on any atom is 0.295 e. The number of aromatic nitrogens is 2. The van der Waals surface area contributed by atoms with E-state index in [9.17, 15) is 24.1 Å². The number of carbonyl (C=O) groups excluding carboxylic acids is 1. The number of nitrogens with zero attached hydrogens (tertiary/aromatic N) is 3. The molecule has 2 aromatic carbocycles. The van der Waals surface area contributed by atoms with Gasteiger partial charge in [-0.2, -0.15) is 0 Å². The Morgan fingerprint density at radius 3 is 2.79 bits per heavy atom. The van der Waals surface area contributed by atoms with Crippen LogP contribution in [0.3, 0.4) is 0 Å². The van der Waals surface area contributed by atoms with Crippen LogP contribution in [0.25, 0.3) is 10.9 Å². The van der Waals surface area contributed by atoms with Gasteiger partial charge in [-0.05, 0) is 30.8 Å². The predicted octanol–water partition coefficient (Wildman–Crippen LogP) is 2.43. The average molecular weight is 399 g/mol. The van der Waals surface area contributed by atoms with E-state index in [1.807, 2.05) is 6.92 Å². The summed E-state index contributed by atoms with van der Waals surface area (Å²) in [6.07, 6.45) is 0. The van der Waals surface area contributed by atoms with Crippen LogP contribution < -0.4 is 10.9 Å². The second-order valence-electron chi connectivity index (χ2n) is 6.30. The van der Waals surface area contributed by atoms with Gasteiger partial charge >= 0.3 is 0 Å². The van der Waals surface area contributed by atoms with Gasteiger partial charge in [-0.1, -0.05) is 19.1 Å². The monoisotopic (exact) mass is 399 g/mol. The van der Waals surface area contributed by atoms with Gasteiger partial charge in [0.1, 0.15) is 17.3 Å². The quantitative estimate of drug-likeness (QED) is 0.465. The van der Waals surface area contributed by atoms with Gasteiger partial charge in [0.15, 0.2) is 0 Å². The van der Waals surface area contributed by atoms with E-state index in [0.29, 0.717) is 23.3 Å². The molecule has 9 nitrogen and oxygen atoms in total. The van der Waals surface area contributed by atoms with Crippen molar-refractivity contribution in [2.45, 2.75) is 13.5 Å². The first kappa shape index (κ1) is 20.1. The Bertz CT molecular complexity index is 1130. The van der Waals surface area contributed by atoms with Crippen molar-refractivity contribution >= 4 is 28.2 Å². The van der Waals surface area contributed by atoms with Crippen LogP contribution in [0.15, 0.2) is 47.3 Å². The summed E-state index contributed by atoms with van der Waals surface area (Å²) in [6.45, 7) is 2.40. The highest BCUT2D eigenvalue weighted by Crippen LogP contribution is 2.24. The topological polar surface area (TPSA) is 121 Å². The Morgan fingerprint density at radius 2 is 2.07 bits per heavy atom. The number of nitro groups is 1. The molecule has 2 N–H and O–H groups in total. The Kier molecular flexibility index (Phi) is 5.93. The van der Waals surface area contributed by atoms with Crippen LogP contribution in [0.5, 0.6) is 0 Å². The van der Waals surface area contributed by atoms with E-state index in [4.69, 9.17) is 0 Å². The van der Waals surface area contributed by atoms with Crippen molar-refractivity contribution in [2.24, 2.45) is 0 Å². The Morgan fingerprint density at radius 1 is 1.31 bits per heavy atom. The van der Waals surface area contributed by atoms with E-state index in [1.165, 1.54) is 0 Å². The van der Waals surface area contributed by atoms with Crippen molar-refractivity contribution in [1.82, 2.24) is 14.9 Å². The van der Waals surface area contributed by atoms with Gasteiger partial charge in [-0.25, -0.2) is 9.37 Å². The van der Waals surface area contributed by atoms with E-state index in [2.05, 4.69) is 15.3 Å². The average Bonchev–Trinajstić information content (AvgIpc) is 2.68. The number of carbonyl (C=O) groups is 1. The number of hydrogen-bond donors (Lipinski definition) is 2. The molecule has 29 heavy (non-hydrogen) atoms. The molecule has 0 unspecified atom stereocenters. The minimum Gasteiger partial charge on any atom is -0.319 e. The molecule has 3 aromatic rings. The smallest absolute Gasteiger partial charge is 0.295 e. The third-order valence-corrected chi connectivity index (χ3v) is 4.28. The van der Waals surface area contributed by atoms with Crippen LogP contribution >= 0.6 is 0 Å². The molecule has 0 saturated carbocycles. The molecule has 0 saturated heterocycles. The number of hydrogen-bond acceptors (Lipinski definition) is 6. The lowest BCUT2D eigenvalue weighted by atomic mass is 10.2. The van der Waals surface area contributed by atoms with Gasteiger partial charge in [0.05, 0.1) is 35.0 Å². The zero-order valence-electron chi connectivity index (χ0n) is 15.5. The number of H-pyrrole nitrogens is 1. The number of fused-ring (bicyclic) bond motifs is 1. The zero-order chi connectivity index (χ0) is 21.0. The van der Waals surface area contributed by atoms with Crippen LogP contribution in [0.2, 0.25) is 0 Å². The van der Waals surface area contributed by atoms with Gasteiger partial charge < -0.3 is 10.3 Å². The first-order valence-corrected chi connectivity index (χ1v) is 8.81. The van der Waals surface area contributed by atoms with Crippen LogP contribution in [-0.2, 0) is 11.3 Å². The molecule has 150 valence electrons. The standard InChI is InChI=1S/C19H18FN5O4/c1-2-24(10-17-21-14-6-4-3-5-13(14)19(27)23-17)11-18(26)22-15-8-7-12(20)9-16(15)25(28)29/h3-9H,2,10-11H2,1H3,(H,22,26)(H,21,23,27). The largest absolute Gasteiger partial charge is 0.319 e. The van der Waals surface area contributed by atoms with Crippen molar-refractivity contribution in [3.8, 4) is 0 Å². The molecular weight excluding hydrogens is 381 g/mol. The van der Waals surface area contributed by atoms with Gasteiger partial charge in [0.2, 0.25) is 5.91 Å². The number of likely N-dealkylation sites (N-methyl/N-ethyl adjacent to an activating group) is 1. The Hall–Kier alpha value is -3.66. The molecule has 0 bridgehead atoms. The number of benzene rings is 2. The van der Waals surface area contributed by atoms with E-state index < -0.39 is 22.3 Å². The first-order chi connectivity index (χ1) is 13.9. The maximum absolute atomic E-state index is 13.2. The van der Waals surface area contributed by atoms with Crippen LogP contribution in [0, 0.1) is 15.9 Å². The molecule has 0 aliphatic heterocycles. The Labute approximate surface area is 164 Å². The van der Waals surface area contributed by atoms with E-state index in [0.717, 1.165) is 18.2 Å². The maximum atomic E-state index is 13.2. The highest BCUT2D eigenvalue weighted by Gasteiger charge is 2.18. The number of anilines is 1. The van der Waals surface area contributed by atoms with Crippen molar-refractivity contribution < 1.29 is 14.1 Å². The summed E-state index contributed by atoms with van der Waals surface area (Å²) in [6, 6.07) is 9.84. The van der Waals surface area contributed by atoms with Crippen LogP contribution in [0.1, 0.15) is 12.7 Å². The number of amides is 1. The molecule has 1 heterocycles. The summed E-state index contributed by atoms with van der Waals surface area (Å²) < 4.78 is 13.2. The fourth-order valence-corrected chi connectivity index (χ4v) is 2.86. The van der Waals surface area contributed by atoms with Gasteiger partial charge in [0.25, 0.3) is 11.2 Å². The number of para-hydroxylation sites is 1. The molecule has 0 fully saturated rings. The molecule has 0 spiro atoms. The molecule has 0 atom stereocenters. The molecule has 3 rings (SSSR count). The molecule has 0 aliphatic carbocycles.